The highest BCUT2D eigenvalue weighted by Gasteiger charge is 2.16. The fourth-order valence-corrected chi connectivity index (χ4v) is 3.51. The molecule has 1 N–H and O–H groups in total. The van der Waals surface area contributed by atoms with Gasteiger partial charge in [-0.3, -0.25) is 9.78 Å². The van der Waals surface area contributed by atoms with Gasteiger partial charge in [-0.15, -0.1) is 11.8 Å². The third kappa shape index (κ3) is 5.35. The lowest BCUT2D eigenvalue weighted by Crippen LogP contribution is -2.30. The van der Waals surface area contributed by atoms with E-state index in [0.29, 0.717) is 10.8 Å². The summed E-state index contributed by atoms with van der Waals surface area (Å²) in [7, 11) is 0. The van der Waals surface area contributed by atoms with E-state index in [0.717, 1.165) is 22.4 Å². The second-order valence-corrected chi connectivity index (χ2v) is 7.24. The molecule has 1 unspecified atom stereocenters. The number of aromatic nitrogens is 1. The normalized spacial score (nSPS) is 11.7. The summed E-state index contributed by atoms with van der Waals surface area (Å²) in [6.45, 7) is 0. The molecule has 2 aromatic carbocycles. The highest BCUT2D eigenvalue weighted by molar-refractivity contribution is 7.99. The van der Waals surface area contributed by atoms with Crippen LogP contribution >= 0.6 is 23.4 Å². The van der Waals surface area contributed by atoms with Crippen LogP contribution in [0, 0.1) is 0 Å². The molecule has 132 valence electrons. The summed E-state index contributed by atoms with van der Waals surface area (Å²) in [6, 6.07) is 21.3. The van der Waals surface area contributed by atoms with Crippen LogP contribution in [0.25, 0.3) is 0 Å². The Balaban J connectivity index is 1.65. The van der Waals surface area contributed by atoms with Gasteiger partial charge in [-0.05, 0) is 34.9 Å². The van der Waals surface area contributed by atoms with E-state index in [1.54, 1.807) is 18.0 Å². The highest BCUT2D eigenvalue weighted by atomic mass is 35.5. The maximum Gasteiger partial charge on any atom is 0.230 e. The third-order valence-corrected chi connectivity index (χ3v) is 5.12. The van der Waals surface area contributed by atoms with Gasteiger partial charge in [0, 0.05) is 23.2 Å². The fraction of sp³-hybridized carbons (Fsp3) is 0.143. The maximum absolute atomic E-state index is 12.5. The smallest absolute Gasteiger partial charge is 0.230 e. The molecule has 3 nitrogen and oxygen atoms in total. The average molecular weight is 383 g/mol. The average Bonchev–Trinajstić information content (AvgIpc) is 2.68. The van der Waals surface area contributed by atoms with Crippen molar-refractivity contribution >= 4 is 29.3 Å². The first-order valence-electron chi connectivity index (χ1n) is 8.29. The van der Waals surface area contributed by atoms with Gasteiger partial charge >= 0.3 is 0 Å². The minimum Gasteiger partial charge on any atom is -0.344 e. The molecular formula is C21H19ClN2OS. The van der Waals surface area contributed by atoms with Gasteiger partial charge in [0.25, 0.3) is 0 Å². The van der Waals surface area contributed by atoms with Crippen molar-refractivity contribution < 1.29 is 4.79 Å². The number of benzene rings is 2. The number of pyridine rings is 1. The molecule has 0 aliphatic rings. The van der Waals surface area contributed by atoms with Crippen LogP contribution in [0.3, 0.4) is 0 Å². The van der Waals surface area contributed by atoms with Gasteiger partial charge in [-0.1, -0.05) is 60.1 Å². The molecule has 0 fully saturated rings. The van der Waals surface area contributed by atoms with Crippen LogP contribution < -0.4 is 5.32 Å². The van der Waals surface area contributed by atoms with Crippen LogP contribution in [0.5, 0.6) is 0 Å². The Labute approximate surface area is 162 Å². The minimum absolute atomic E-state index is 0.00249. The zero-order valence-electron chi connectivity index (χ0n) is 14.1. The maximum atomic E-state index is 12.5. The van der Waals surface area contributed by atoms with Gasteiger partial charge < -0.3 is 5.32 Å². The fourth-order valence-electron chi connectivity index (χ4n) is 2.61. The monoisotopic (exact) mass is 382 g/mol. The zero-order chi connectivity index (χ0) is 18.2. The number of nitrogens with zero attached hydrogens (tertiary/aromatic N) is 1. The van der Waals surface area contributed by atoms with E-state index in [1.807, 2.05) is 72.9 Å². The molecule has 0 aliphatic carbocycles. The number of halogens is 1. The first kappa shape index (κ1) is 18.5. The van der Waals surface area contributed by atoms with E-state index >= 15 is 0 Å². The lowest BCUT2D eigenvalue weighted by atomic mass is 9.99. The summed E-state index contributed by atoms with van der Waals surface area (Å²) >= 11 is 7.58. The van der Waals surface area contributed by atoms with Gasteiger partial charge in [0.15, 0.2) is 0 Å². The number of rotatable bonds is 7. The second kappa shape index (κ2) is 9.41. The van der Waals surface area contributed by atoms with Crippen LogP contribution in [0.1, 0.15) is 22.7 Å². The Morgan fingerprint density at radius 3 is 2.42 bits per heavy atom. The summed E-state index contributed by atoms with van der Waals surface area (Å²) in [5, 5.41) is 3.82. The van der Waals surface area contributed by atoms with E-state index < -0.39 is 0 Å². The number of carbonyl (C=O) groups is 1. The Morgan fingerprint density at radius 2 is 1.73 bits per heavy atom. The predicted octanol–water partition coefficient (Wildman–Crippen LogP) is 4.87. The van der Waals surface area contributed by atoms with Crippen molar-refractivity contribution in [2.75, 3.05) is 5.75 Å². The Hall–Kier alpha value is -2.30. The number of thioether (sulfide) groups is 1. The molecule has 1 aromatic heterocycles. The molecule has 5 heteroatoms. The number of hydrogen-bond donors (Lipinski definition) is 1. The molecule has 0 saturated heterocycles. The van der Waals surface area contributed by atoms with Gasteiger partial charge in [0.05, 0.1) is 11.8 Å². The summed E-state index contributed by atoms with van der Waals surface area (Å²) in [4.78, 5) is 16.6. The molecule has 0 saturated carbocycles. The van der Waals surface area contributed by atoms with E-state index in [4.69, 9.17) is 11.6 Å². The summed E-state index contributed by atoms with van der Waals surface area (Å²) < 4.78 is 0. The van der Waals surface area contributed by atoms with Crippen molar-refractivity contribution in [2.24, 2.45) is 0 Å². The van der Waals surface area contributed by atoms with Crippen molar-refractivity contribution in [3.8, 4) is 0 Å². The van der Waals surface area contributed by atoms with Crippen molar-refractivity contribution in [1.82, 2.24) is 10.3 Å². The zero-order valence-corrected chi connectivity index (χ0v) is 15.7. The van der Waals surface area contributed by atoms with E-state index in [-0.39, 0.29) is 11.9 Å². The number of amides is 1. The summed E-state index contributed by atoms with van der Waals surface area (Å²) in [5.74, 6) is 1.16. The topological polar surface area (TPSA) is 42.0 Å². The number of hydrogen-bond acceptors (Lipinski definition) is 3. The SMILES string of the molecule is O=C(CSCc1cccnc1)NC(c1ccccc1)c1ccc(Cl)cc1. The molecule has 0 radical (unpaired) electrons. The minimum atomic E-state index is -0.194. The molecule has 1 atom stereocenters. The Morgan fingerprint density at radius 1 is 1.00 bits per heavy atom. The quantitative estimate of drug-likeness (QED) is 0.633. The molecule has 3 rings (SSSR count). The molecule has 0 aliphatic heterocycles. The van der Waals surface area contributed by atoms with E-state index in [1.165, 1.54) is 0 Å². The first-order valence-corrected chi connectivity index (χ1v) is 9.82. The van der Waals surface area contributed by atoms with Crippen LogP contribution in [0.15, 0.2) is 79.1 Å². The molecule has 26 heavy (non-hydrogen) atoms. The Bertz CT molecular complexity index is 826. The van der Waals surface area contributed by atoms with Crippen molar-refractivity contribution in [3.63, 3.8) is 0 Å². The van der Waals surface area contributed by atoms with Crippen molar-refractivity contribution in [2.45, 2.75) is 11.8 Å². The molecule has 3 aromatic rings. The van der Waals surface area contributed by atoms with Crippen LogP contribution in [0.2, 0.25) is 5.02 Å². The van der Waals surface area contributed by atoms with Crippen molar-refractivity contribution in [3.05, 3.63) is 101 Å². The first-order chi connectivity index (χ1) is 12.7. The van der Waals surface area contributed by atoms with Gasteiger partial charge in [-0.2, -0.15) is 0 Å². The Kier molecular flexibility index (Phi) is 6.69. The standard InChI is InChI=1S/C21H19ClN2OS/c22-19-10-8-18(9-11-19)21(17-6-2-1-3-7-17)24-20(25)15-26-14-16-5-4-12-23-13-16/h1-13,21H,14-15H2,(H,24,25). The van der Waals surface area contributed by atoms with E-state index in [2.05, 4.69) is 10.3 Å². The molecule has 1 heterocycles. The van der Waals surface area contributed by atoms with Crippen LogP contribution in [-0.2, 0) is 10.5 Å². The van der Waals surface area contributed by atoms with Gasteiger partial charge in [0.1, 0.15) is 0 Å². The van der Waals surface area contributed by atoms with Crippen molar-refractivity contribution in [1.29, 1.82) is 0 Å². The number of nitrogens with one attached hydrogen (secondary N) is 1. The van der Waals surface area contributed by atoms with Gasteiger partial charge in [0.2, 0.25) is 5.91 Å². The molecule has 0 bridgehead atoms. The number of carbonyl (C=O) groups excluding carboxylic acids is 1. The van der Waals surface area contributed by atoms with Gasteiger partial charge in [-0.25, -0.2) is 0 Å². The summed E-state index contributed by atoms with van der Waals surface area (Å²) in [6.07, 6.45) is 3.57. The highest BCUT2D eigenvalue weighted by Crippen LogP contribution is 2.24. The predicted molar refractivity (Wildman–Crippen MR) is 108 cm³/mol. The van der Waals surface area contributed by atoms with Crippen LogP contribution in [-0.4, -0.2) is 16.6 Å². The lowest BCUT2D eigenvalue weighted by Gasteiger charge is -2.20. The summed E-state index contributed by atoms with van der Waals surface area (Å²) in [5.41, 5.74) is 3.16. The second-order valence-electron chi connectivity index (χ2n) is 5.82. The van der Waals surface area contributed by atoms with Crippen LogP contribution in [0.4, 0.5) is 0 Å². The third-order valence-electron chi connectivity index (χ3n) is 3.87. The van der Waals surface area contributed by atoms with E-state index in [9.17, 15) is 4.79 Å². The largest absolute Gasteiger partial charge is 0.344 e. The molecule has 1 amide bonds. The molecular weight excluding hydrogens is 364 g/mol. The molecule has 0 spiro atoms. The lowest BCUT2D eigenvalue weighted by molar-refractivity contribution is -0.119.